The number of sulfone groups is 1. The van der Waals surface area contributed by atoms with E-state index in [0.29, 0.717) is 5.69 Å². The molecular formula is C10H16N4O5S. The lowest BCUT2D eigenvalue weighted by molar-refractivity contribution is -0.139. The Balaban J connectivity index is 2.45. The van der Waals surface area contributed by atoms with Crippen LogP contribution in [0.5, 0.6) is 0 Å². The number of amides is 2. The molecule has 1 aromatic heterocycles. The standard InChI is InChI=1S/C10H16N4O5S/c1-20(18,19)3-2-12-10(17)14-8(9(15)16)4-7-5-11-6-13-7/h5-6,8H,2-4H2,1H3,(H,11,13)(H,15,16)(H2,12,14,17)/t8-/m0/s1. The molecule has 0 radical (unpaired) electrons. The second kappa shape index (κ2) is 6.89. The third-order valence-electron chi connectivity index (χ3n) is 2.34. The van der Waals surface area contributed by atoms with Gasteiger partial charge in [0.2, 0.25) is 0 Å². The second-order valence-electron chi connectivity index (χ2n) is 4.20. The first-order chi connectivity index (χ1) is 9.28. The van der Waals surface area contributed by atoms with Crippen LogP contribution in [0.15, 0.2) is 12.5 Å². The molecule has 0 spiro atoms. The van der Waals surface area contributed by atoms with Crippen LogP contribution in [0.2, 0.25) is 0 Å². The number of nitrogens with one attached hydrogen (secondary N) is 3. The molecule has 0 aliphatic carbocycles. The maximum absolute atomic E-state index is 11.5. The van der Waals surface area contributed by atoms with Gasteiger partial charge in [0.15, 0.2) is 0 Å². The Bertz CT molecular complexity index is 554. The molecule has 0 aliphatic rings. The third-order valence-corrected chi connectivity index (χ3v) is 3.29. The lowest BCUT2D eigenvalue weighted by atomic mass is 10.2. The zero-order chi connectivity index (χ0) is 15.2. The predicted molar refractivity (Wildman–Crippen MR) is 70.0 cm³/mol. The number of imidazole rings is 1. The summed E-state index contributed by atoms with van der Waals surface area (Å²) in [6.07, 6.45) is 3.96. The first-order valence-electron chi connectivity index (χ1n) is 5.70. The Morgan fingerprint density at radius 2 is 2.20 bits per heavy atom. The number of hydrogen-bond acceptors (Lipinski definition) is 5. The molecule has 0 fully saturated rings. The van der Waals surface area contributed by atoms with Gasteiger partial charge in [-0.05, 0) is 0 Å². The number of aromatic amines is 1. The van der Waals surface area contributed by atoms with Crippen LogP contribution in [-0.4, -0.2) is 60.1 Å². The fraction of sp³-hybridized carbons (Fsp3) is 0.500. The van der Waals surface area contributed by atoms with Gasteiger partial charge in [0.25, 0.3) is 0 Å². The number of aromatic nitrogens is 2. The van der Waals surface area contributed by atoms with E-state index < -0.39 is 27.9 Å². The van der Waals surface area contributed by atoms with Gasteiger partial charge >= 0.3 is 12.0 Å². The van der Waals surface area contributed by atoms with E-state index in [1.165, 1.54) is 12.5 Å². The summed E-state index contributed by atoms with van der Waals surface area (Å²) < 4.78 is 21.8. The number of rotatable bonds is 7. The minimum atomic E-state index is -3.18. The number of hydrogen-bond donors (Lipinski definition) is 4. The molecule has 1 atom stereocenters. The summed E-state index contributed by atoms with van der Waals surface area (Å²) in [6.45, 7) is -0.0823. The number of aliphatic carboxylic acids is 1. The molecule has 10 heteroatoms. The number of carboxylic acids is 1. The van der Waals surface area contributed by atoms with E-state index >= 15 is 0 Å². The molecule has 0 saturated heterocycles. The van der Waals surface area contributed by atoms with Gasteiger partial charge in [0.05, 0.1) is 12.1 Å². The van der Waals surface area contributed by atoms with E-state index in [1.54, 1.807) is 0 Å². The summed E-state index contributed by atoms with van der Waals surface area (Å²) in [5.41, 5.74) is 0.564. The summed E-state index contributed by atoms with van der Waals surface area (Å²) >= 11 is 0. The molecule has 0 aromatic carbocycles. The van der Waals surface area contributed by atoms with Crippen molar-refractivity contribution in [1.29, 1.82) is 0 Å². The van der Waals surface area contributed by atoms with Crippen molar-refractivity contribution in [3.63, 3.8) is 0 Å². The minimum absolute atomic E-state index is 0.0504. The van der Waals surface area contributed by atoms with Crippen LogP contribution >= 0.6 is 0 Å². The van der Waals surface area contributed by atoms with Crippen molar-refractivity contribution in [2.75, 3.05) is 18.6 Å². The average Bonchev–Trinajstić information content (AvgIpc) is 2.79. The molecule has 0 aliphatic heterocycles. The Morgan fingerprint density at radius 3 is 2.70 bits per heavy atom. The zero-order valence-corrected chi connectivity index (χ0v) is 11.6. The van der Waals surface area contributed by atoms with Crippen molar-refractivity contribution >= 4 is 21.8 Å². The Hall–Kier alpha value is -2.10. The molecular weight excluding hydrogens is 288 g/mol. The van der Waals surface area contributed by atoms with Gasteiger partial charge in [0, 0.05) is 31.1 Å². The molecule has 2 amide bonds. The highest BCUT2D eigenvalue weighted by atomic mass is 32.2. The Labute approximate surface area is 115 Å². The number of H-pyrrole nitrogens is 1. The summed E-state index contributed by atoms with van der Waals surface area (Å²) in [5, 5.41) is 13.5. The number of carboxylic acid groups (broad SMARTS) is 1. The van der Waals surface area contributed by atoms with Crippen molar-refractivity contribution in [2.45, 2.75) is 12.5 Å². The van der Waals surface area contributed by atoms with Gasteiger partial charge < -0.3 is 20.7 Å². The molecule has 4 N–H and O–H groups in total. The third kappa shape index (κ3) is 6.18. The smallest absolute Gasteiger partial charge is 0.326 e. The first kappa shape index (κ1) is 16.0. The van der Waals surface area contributed by atoms with Crippen LogP contribution in [0.3, 0.4) is 0 Å². The molecule has 0 bridgehead atoms. The average molecular weight is 304 g/mol. The number of urea groups is 1. The number of nitrogens with zero attached hydrogens (tertiary/aromatic N) is 1. The van der Waals surface area contributed by atoms with Crippen molar-refractivity contribution in [2.24, 2.45) is 0 Å². The monoisotopic (exact) mass is 304 g/mol. The van der Waals surface area contributed by atoms with Crippen LogP contribution < -0.4 is 10.6 Å². The molecule has 0 saturated carbocycles. The molecule has 1 aromatic rings. The highest BCUT2D eigenvalue weighted by molar-refractivity contribution is 7.90. The van der Waals surface area contributed by atoms with Gasteiger partial charge in [-0.3, -0.25) is 0 Å². The van der Waals surface area contributed by atoms with Gasteiger partial charge in [-0.25, -0.2) is 23.0 Å². The van der Waals surface area contributed by atoms with Crippen molar-refractivity contribution < 1.29 is 23.1 Å². The largest absolute Gasteiger partial charge is 0.480 e. The fourth-order valence-electron chi connectivity index (χ4n) is 1.38. The summed E-state index contributed by atoms with van der Waals surface area (Å²) in [4.78, 5) is 29.0. The SMILES string of the molecule is CS(=O)(=O)CCNC(=O)N[C@@H](Cc1cnc[nH]1)C(=O)O. The second-order valence-corrected chi connectivity index (χ2v) is 6.46. The van der Waals surface area contributed by atoms with Gasteiger partial charge in [-0.1, -0.05) is 0 Å². The molecule has 9 nitrogen and oxygen atoms in total. The van der Waals surface area contributed by atoms with E-state index in [9.17, 15) is 18.0 Å². The van der Waals surface area contributed by atoms with E-state index in [-0.39, 0.29) is 18.7 Å². The molecule has 112 valence electrons. The van der Waals surface area contributed by atoms with Crippen molar-refractivity contribution in [3.05, 3.63) is 18.2 Å². The highest BCUT2D eigenvalue weighted by Crippen LogP contribution is 1.98. The van der Waals surface area contributed by atoms with Gasteiger partial charge in [-0.2, -0.15) is 0 Å². The lowest BCUT2D eigenvalue weighted by Gasteiger charge is -2.14. The maximum atomic E-state index is 11.5. The summed E-state index contributed by atoms with van der Waals surface area (Å²) in [7, 11) is -3.18. The maximum Gasteiger partial charge on any atom is 0.326 e. The number of carbonyl (C=O) groups is 2. The van der Waals surface area contributed by atoms with Gasteiger partial charge in [-0.15, -0.1) is 0 Å². The van der Waals surface area contributed by atoms with Crippen LogP contribution in [0.4, 0.5) is 4.79 Å². The Morgan fingerprint density at radius 1 is 1.50 bits per heavy atom. The Kier molecular flexibility index (Phi) is 5.50. The van der Waals surface area contributed by atoms with Gasteiger partial charge in [0.1, 0.15) is 15.9 Å². The fourth-order valence-corrected chi connectivity index (χ4v) is 1.85. The topological polar surface area (TPSA) is 141 Å². The first-order valence-corrected chi connectivity index (χ1v) is 7.76. The van der Waals surface area contributed by atoms with Crippen molar-refractivity contribution in [3.8, 4) is 0 Å². The minimum Gasteiger partial charge on any atom is -0.480 e. The normalized spacial score (nSPS) is 12.7. The van der Waals surface area contributed by atoms with Crippen LogP contribution in [-0.2, 0) is 21.1 Å². The van der Waals surface area contributed by atoms with E-state index in [2.05, 4.69) is 20.6 Å². The summed E-state index contributed by atoms with van der Waals surface area (Å²) in [5.74, 6) is -1.41. The predicted octanol–water partition coefficient (Wildman–Crippen LogP) is -1.25. The lowest BCUT2D eigenvalue weighted by Crippen LogP contribution is -2.48. The molecule has 20 heavy (non-hydrogen) atoms. The molecule has 1 rings (SSSR count). The van der Waals surface area contributed by atoms with E-state index in [4.69, 9.17) is 5.11 Å². The molecule has 1 heterocycles. The molecule has 0 unspecified atom stereocenters. The highest BCUT2D eigenvalue weighted by Gasteiger charge is 2.20. The number of carbonyl (C=O) groups excluding carboxylic acids is 1. The van der Waals surface area contributed by atoms with E-state index in [0.717, 1.165) is 6.26 Å². The van der Waals surface area contributed by atoms with Crippen LogP contribution in [0.25, 0.3) is 0 Å². The summed E-state index contributed by atoms with van der Waals surface area (Å²) in [6, 6.07) is -1.87. The van der Waals surface area contributed by atoms with Crippen LogP contribution in [0, 0.1) is 0 Å². The quantitative estimate of drug-likeness (QED) is 0.496. The van der Waals surface area contributed by atoms with E-state index in [1.807, 2.05) is 0 Å². The van der Waals surface area contributed by atoms with Crippen molar-refractivity contribution in [1.82, 2.24) is 20.6 Å². The zero-order valence-electron chi connectivity index (χ0n) is 10.8. The van der Waals surface area contributed by atoms with Crippen LogP contribution in [0.1, 0.15) is 5.69 Å².